The number of nitrogens with zero attached hydrogens (tertiary/aromatic N) is 2. The topological polar surface area (TPSA) is 97.1 Å². The molecule has 7 nitrogen and oxygen atoms in total. The van der Waals surface area contributed by atoms with E-state index >= 15 is 0 Å². The standard InChI is InChI=1S/C20H20N4O3/c1-13-6-8-16(9-7-13)22-18(26)11-17(25)21-12-19-23-20(24-27-19)15-5-3-4-14(2)10-15/h3-10H,11-12H2,1-2H3,(H,21,25)(H,22,26). The van der Waals surface area contributed by atoms with Crippen LogP contribution >= 0.6 is 0 Å². The molecule has 3 rings (SSSR count). The second-order valence-electron chi connectivity index (χ2n) is 6.25. The molecule has 1 aromatic heterocycles. The van der Waals surface area contributed by atoms with Gasteiger partial charge >= 0.3 is 0 Å². The van der Waals surface area contributed by atoms with Crippen LogP contribution in [0.1, 0.15) is 23.4 Å². The molecule has 3 aromatic rings. The van der Waals surface area contributed by atoms with Crippen LogP contribution in [0.4, 0.5) is 5.69 Å². The van der Waals surface area contributed by atoms with Crippen LogP contribution in [0.25, 0.3) is 11.4 Å². The van der Waals surface area contributed by atoms with Crippen LogP contribution in [0.5, 0.6) is 0 Å². The first kappa shape index (κ1) is 18.3. The molecular formula is C20H20N4O3. The van der Waals surface area contributed by atoms with E-state index in [1.54, 1.807) is 12.1 Å². The van der Waals surface area contributed by atoms with Crippen molar-refractivity contribution >= 4 is 17.5 Å². The summed E-state index contributed by atoms with van der Waals surface area (Å²) < 4.78 is 5.14. The average Bonchev–Trinajstić information content (AvgIpc) is 3.11. The Labute approximate surface area is 156 Å². The zero-order chi connectivity index (χ0) is 19.2. The highest BCUT2D eigenvalue weighted by Gasteiger charge is 2.13. The van der Waals surface area contributed by atoms with Crippen LogP contribution in [0.15, 0.2) is 53.1 Å². The zero-order valence-corrected chi connectivity index (χ0v) is 15.2. The smallest absolute Gasteiger partial charge is 0.246 e. The van der Waals surface area contributed by atoms with Gasteiger partial charge in [-0.05, 0) is 32.0 Å². The predicted molar refractivity (Wildman–Crippen MR) is 101 cm³/mol. The summed E-state index contributed by atoms with van der Waals surface area (Å²) in [5.41, 5.74) is 3.67. The third-order valence-electron chi connectivity index (χ3n) is 3.84. The van der Waals surface area contributed by atoms with Gasteiger partial charge in [0.2, 0.25) is 23.5 Å². The lowest BCUT2D eigenvalue weighted by Gasteiger charge is -2.05. The fourth-order valence-electron chi connectivity index (χ4n) is 2.45. The van der Waals surface area contributed by atoms with Gasteiger partial charge in [-0.1, -0.05) is 46.6 Å². The largest absolute Gasteiger partial charge is 0.347 e. The highest BCUT2D eigenvalue weighted by Crippen LogP contribution is 2.16. The zero-order valence-electron chi connectivity index (χ0n) is 15.2. The summed E-state index contributed by atoms with van der Waals surface area (Å²) in [6.45, 7) is 4.00. The number of carbonyl (C=O) groups excluding carboxylic acids is 2. The van der Waals surface area contributed by atoms with Gasteiger partial charge in [-0.25, -0.2) is 0 Å². The monoisotopic (exact) mass is 364 g/mol. The molecule has 2 N–H and O–H groups in total. The van der Waals surface area contributed by atoms with Gasteiger partial charge in [0.15, 0.2) is 0 Å². The number of hydrogen-bond acceptors (Lipinski definition) is 5. The van der Waals surface area contributed by atoms with Gasteiger partial charge in [-0.3, -0.25) is 9.59 Å². The highest BCUT2D eigenvalue weighted by molar-refractivity contribution is 6.03. The van der Waals surface area contributed by atoms with Crippen LogP contribution in [-0.4, -0.2) is 22.0 Å². The second-order valence-corrected chi connectivity index (χ2v) is 6.25. The normalized spacial score (nSPS) is 10.4. The summed E-state index contributed by atoms with van der Waals surface area (Å²) in [6, 6.07) is 15.1. The number of aromatic nitrogens is 2. The minimum Gasteiger partial charge on any atom is -0.347 e. The highest BCUT2D eigenvalue weighted by atomic mass is 16.5. The molecule has 0 bridgehead atoms. The Kier molecular flexibility index (Phi) is 5.61. The molecule has 138 valence electrons. The second kappa shape index (κ2) is 8.27. The van der Waals surface area contributed by atoms with Crippen LogP contribution in [0.3, 0.4) is 0 Å². The van der Waals surface area contributed by atoms with Crippen molar-refractivity contribution in [3.8, 4) is 11.4 Å². The lowest BCUT2D eigenvalue weighted by atomic mass is 10.1. The molecule has 2 amide bonds. The number of rotatable bonds is 6. The molecule has 27 heavy (non-hydrogen) atoms. The summed E-state index contributed by atoms with van der Waals surface area (Å²) >= 11 is 0. The molecule has 2 aromatic carbocycles. The molecule has 0 aliphatic rings. The maximum absolute atomic E-state index is 11.9. The number of carbonyl (C=O) groups is 2. The molecule has 0 radical (unpaired) electrons. The van der Waals surface area contributed by atoms with Crippen molar-refractivity contribution in [2.45, 2.75) is 26.8 Å². The van der Waals surface area contributed by atoms with Gasteiger partial charge in [0, 0.05) is 11.3 Å². The molecule has 0 saturated heterocycles. The number of aryl methyl sites for hydroxylation is 2. The van der Waals surface area contributed by atoms with Gasteiger partial charge in [-0.15, -0.1) is 0 Å². The van der Waals surface area contributed by atoms with E-state index in [1.807, 2.05) is 50.2 Å². The summed E-state index contributed by atoms with van der Waals surface area (Å²) in [6.07, 6.45) is -0.285. The number of nitrogens with one attached hydrogen (secondary N) is 2. The predicted octanol–water partition coefficient (Wildman–Crippen LogP) is 3.00. The van der Waals surface area contributed by atoms with Crippen molar-refractivity contribution in [1.82, 2.24) is 15.5 Å². The van der Waals surface area contributed by atoms with E-state index in [9.17, 15) is 9.59 Å². The molecule has 7 heteroatoms. The van der Waals surface area contributed by atoms with Crippen molar-refractivity contribution in [3.63, 3.8) is 0 Å². The Morgan fingerprint density at radius 1 is 1.00 bits per heavy atom. The fourth-order valence-corrected chi connectivity index (χ4v) is 2.45. The molecule has 0 fully saturated rings. The molecule has 0 unspecified atom stereocenters. The number of anilines is 1. The minimum absolute atomic E-state index is 0.0649. The first-order valence-corrected chi connectivity index (χ1v) is 8.52. The van der Waals surface area contributed by atoms with Gasteiger partial charge < -0.3 is 15.2 Å². The molecule has 0 spiro atoms. The molecule has 1 heterocycles. The van der Waals surface area contributed by atoms with Crippen molar-refractivity contribution in [2.24, 2.45) is 0 Å². The Morgan fingerprint density at radius 2 is 1.78 bits per heavy atom. The molecular weight excluding hydrogens is 344 g/mol. The van der Waals surface area contributed by atoms with E-state index < -0.39 is 5.91 Å². The first-order chi connectivity index (χ1) is 13.0. The van der Waals surface area contributed by atoms with E-state index in [4.69, 9.17) is 4.52 Å². The Balaban J connectivity index is 1.49. The van der Waals surface area contributed by atoms with Crippen LogP contribution in [0.2, 0.25) is 0 Å². The van der Waals surface area contributed by atoms with Crippen LogP contribution in [-0.2, 0) is 16.1 Å². The lowest BCUT2D eigenvalue weighted by molar-refractivity contribution is -0.127. The van der Waals surface area contributed by atoms with E-state index in [0.29, 0.717) is 11.5 Å². The van der Waals surface area contributed by atoms with E-state index in [1.165, 1.54) is 0 Å². The first-order valence-electron chi connectivity index (χ1n) is 8.52. The quantitative estimate of drug-likeness (QED) is 0.655. The maximum atomic E-state index is 11.9. The Bertz CT molecular complexity index is 948. The van der Waals surface area contributed by atoms with Gasteiger partial charge in [0.25, 0.3) is 0 Å². The van der Waals surface area contributed by atoms with Gasteiger partial charge in [0.1, 0.15) is 6.42 Å². The van der Waals surface area contributed by atoms with Crippen molar-refractivity contribution < 1.29 is 14.1 Å². The van der Waals surface area contributed by atoms with Gasteiger partial charge in [-0.2, -0.15) is 4.98 Å². The third kappa shape index (κ3) is 5.24. The molecule has 0 saturated carbocycles. The summed E-state index contributed by atoms with van der Waals surface area (Å²) in [5, 5.41) is 9.20. The number of amides is 2. The van der Waals surface area contributed by atoms with Crippen molar-refractivity contribution in [2.75, 3.05) is 5.32 Å². The Hall–Kier alpha value is -3.48. The van der Waals surface area contributed by atoms with Crippen LogP contribution in [0, 0.1) is 13.8 Å². The van der Waals surface area contributed by atoms with Gasteiger partial charge in [0.05, 0.1) is 6.54 Å². The maximum Gasteiger partial charge on any atom is 0.246 e. The molecule has 0 aliphatic carbocycles. The van der Waals surface area contributed by atoms with E-state index in [-0.39, 0.29) is 24.8 Å². The fraction of sp³-hybridized carbons (Fsp3) is 0.200. The number of hydrogen-bond donors (Lipinski definition) is 2. The Morgan fingerprint density at radius 3 is 2.52 bits per heavy atom. The van der Waals surface area contributed by atoms with Crippen LogP contribution < -0.4 is 10.6 Å². The minimum atomic E-state index is -0.421. The lowest BCUT2D eigenvalue weighted by Crippen LogP contribution is -2.27. The van der Waals surface area contributed by atoms with E-state index in [0.717, 1.165) is 16.7 Å². The van der Waals surface area contributed by atoms with Crippen molar-refractivity contribution in [1.29, 1.82) is 0 Å². The SMILES string of the molecule is Cc1ccc(NC(=O)CC(=O)NCc2nc(-c3cccc(C)c3)no2)cc1. The average molecular weight is 364 g/mol. The summed E-state index contributed by atoms with van der Waals surface area (Å²) in [4.78, 5) is 28.1. The van der Waals surface area contributed by atoms with E-state index in [2.05, 4.69) is 20.8 Å². The summed E-state index contributed by atoms with van der Waals surface area (Å²) in [7, 11) is 0. The molecule has 0 atom stereocenters. The number of benzene rings is 2. The molecule has 0 aliphatic heterocycles. The van der Waals surface area contributed by atoms with Crippen molar-refractivity contribution in [3.05, 3.63) is 65.5 Å². The summed E-state index contributed by atoms with van der Waals surface area (Å²) in [5.74, 6) is -0.0730. The third-order valence-corrected chi connectivity index (χ3v) is 3.84.